The van der Waals surface area contributed by atoms with Gasteiger partial charge in [-0.25, -0.2) is 14.4 Å². The molecule has 2 aromatic rings. The SMILES string of the molecule is COC(=O)C1=Cc2cc(OC)c(OC)cc2[C@@H](c2cc(C(=O)OC)oc(=O)c2)[C@@H]1C(=O)OC. The standard InChI is InChI=1S/C23H22O10/c1-28-15-7-11-6-14(21(25)30-3)20(23(27)32-5)19(13(11)10-16(15)29-2)12-8-17(22(26)31-4)33-18(24)9-12/h6-10,19-20H,1-5H3/t19-,20-/m1/s1. The van der Waals surface area contributed by atoms with Crippen molar-refractivity contribution in [1.29, 1.82) is 0 Å². The van der Waals surface area contributed by atoms with E-state index in [0.29, 0.717) is 22.6 Å². The third kappa shape index (κ3) is 4.32. The quantitative estimate of drug-likeness (QED) is 0.468. The topological polar surface area (TPSA) is 128 Å². The molecular formula is C23H22O10. The monoisotopic (exact) mass is 458 g/mol. The number of hydrogen-bond donors (Lipinski definition) is 0. The van der Waals surface area contributed by atoms with Crippen LogP contribution in [0, 0.1) is 5.92 Å². The molecule has 1 aliphatic rings. The van der Waals surface area contributed by atoms with Crippen LogP contribution in [0.4, 0.5) is 0 Å². The van der Waals surface area contributed by atoms with Gasteiger partial charge < -0.3 is 28.1 Å². The van der Waals surface area contributed by atoms with Crippen molar-refractivity contribution < 1.29 is 42.5 Å². The number of carbonyl (C=O) groups excluding carboxylic acids is 3. The first-order valence-electron chi connectivity index (χ1n) is 9.66. The molecule has 1 aromatic carbocycles. The Hall–Kier alpha value is -4.08. The third-order valence-corrected chi connectivity index (χ3v) is 5.32. The predicted octanol–water partition coefficient (Wildman–Crippen LogP) is 1.93. The van der Waals surface area contributed by atoms with E-state index >= 15 is 0 Å². The van der Waals surface area contributed by atoms with Gasteiger partial charge in [0.1, 0.15) is 0 Å². The zero-order valence-corrected chi connectivity index (χ0v) is 18.6. The Morgan fingerprint density at radius 2 is 1.45 bits per heavy atom. The minimum atomic E-state index is -1.19. The number of carbonyl (C=O) groups is 3. The van der Waals surface area contributed by atoms with Crippen molar-refractivity contribution in [3.8, 4) is 11.5 Å². The first-order chi connectivity index (χ1) is 15.8. The number of methoxy groups -OCH3 is 5. The summed E-state index contributed by atoms with van der Waals surface area (Å²) in [4.78, 5) is 49.9. The molecule has 0 saturated carbocycles. The van der Waals surface area contributed by atoms with Crippen LogP contribution >= 0.6 is 0 Å². The smallest absolute Gasteiger partial charge is 0.374 e. The van der Waals surface area contributed by atoms with E-state index in [-0.39, 0.29) is 16.9 Å². The molecule has 0 N–H and O–H groups in total. The third-order valence-electron chi connectivity index (χ3n) is 5.32. The van der Waals surface area contributed by atoms with Crippen molar-refractivity contribution in [3.05, 3.63) is 62.7 Å². The highest BCUT2D eigenvalue weighted by atomic mass is 16.5. The van der Waals surface area contributed by atoms with Crippen LogP contribution < -0.4 is 15.1 Å². The maximum atomic E-state index is 12.9. The van der Waals surface area contributed by atoms with E-state index in [1.807, 2.05) is 0 Å². The molecule has 1 heterocycles. The lowest BCUT2D eigenvalue weighted by Crippen LogP contribution is -2.33. The van der Waals surface area contributed by atoms with Crippen molar-refractivity contribution in [1.82, 2.24) is 0 Å². The van der Waals surface area contributed by atoms with Gasteiger partial charge in [0.05, 0.1) is 47.0 Å². The number of ether oxygens (including phenoxy) is 5. The molecule has 0 unspecified atom stereocenters. The van der Waals surface area contributed by atoms with E-state index in [9.17, 15) is 19.2 Å². The van der Waals surface area contributed by atoms with Crippen LogP contribution in [-0.2, 0) is 23.8 Å². The van der Waals surface area contributed by atoms with Gasteiger partial charge in [-0.05, 0) is 41.0 Å². The summed E-state index contributed by atoms with van der Waals surface area (Å²) < 4.78 is 30.2. The van der Waals surface area contributed by atoms with Gasteiger partial charge in [0.2, 0.25) is 5.76 Å². The summed E-state index contributed by atoms with van der Waals surface area (Å²) in [7, 11) is 6.40. The minimum absolute atomic E-state index is 0.00179. The molecule has 0 fully saturated rings. The summed E-state index contributed by atoms with van der Waals surface area (Å²) in [5.74, 6) is -4.13. The average Bonchev–Trinajstić information content (AvgIpc) is 2.84. The predicted molar refractivity (Wildman–Crippen MR) is 113 cm³/mol. The molecule has 0 radical (unpaired) electrons. The molecule has 2 atom stereocenters. The highest BCUT2D eigenvalue weighted by molar-refractivity contribution is 6.02. The van der Waals surface area contributed by atoms with E-state index in [4.69, 9.17) is 23.4 Å². The summed E-state index contributed by atoms with van der Waals surface area (Å²) in [5.41, 5.74) is 0.433. The molecular weight excluding hydrogens is 436 g/mol. The maximum Gasteiger partial charge on any atom is 0.374 e. The van der Waals surface area contributed by atoms with Gasteiger partial charge in [0.15, 0.2) is 11.5 Å². The van der Waals surface area contributed by atoms with E-state index < -0.39 is 35.4 Å². The number of fused-ring (bicyclic) bond motifs is 1. The van der Waals surface area contributed by atoms with Crippen LogP contribution in [0.5, 0.6) is 11.5 Å². The van der Waals surface area contributed by atoms with Crippen molar-refractivity contribution in [2.75, 3.05) is 35.5 Å². The van der Waals surface area contributed by atoms with Crippen molar-refractivity contribution >= 4 is 24.0 Å². The maximum absolute atomic E-state index is 12.9. The van der Waals surface area contributed by atoms with E-state index in [1.165, 1.54) is 40.6 Å². The molecule has 33 heavy (non-hydrogen) atoms. The van der Waals surface area contributed by atoms with Crippen LogP contribution in [-0.4, -0.2) is 53.5 Å². The second-order valence-electron chi connectivity index (χ2n) is 6.97. The number of hydrogen-bond acceptors (Lipinski definition) is 10. The fraction of sp³-hybridized carbons (Fsp3) is 0.304. The number of benzene rings is 1. The van der Waals surface area contributed by atoms with Crippen LogP contribution in [0.15, 0.2) is 39.1 Å². The summed E-state index contributed by atoms with van der Waals surface area (Å²) >= 11 is 0. The average molecular weight is 458 g/mol. The molecule has 0 saturated heterocycles. The molecule has 1 aliphatic carbocycles. The Morgan fingerprint density at radius 3 is 2.03 bits per heavy atom. The van der Waals surface area contributed by atoms with Crippen LogP contribution in [0.2, 0.25) is 0 Å². The molecule has 0 amide bonds. The Balaban J connectivity index is 2.39. The summed E-state index contributed by atoms with van der Waals surface area (Å²) in [5, 5.41) is 0. The molecule has 10 nitrogen and oxygen atoms in total. The van der Waals surface area contributed by atoms with Gasteiger partial charge in [-0.15, -0.1) is 0 Å². The Morgan fingerprint density at radius 1 is 0.818 bits per heavy atom. The van der Waals surface area contributed by atoms with Gasteiger partial charge in [0.25, 0.3) is 0 Å². The molecule has 10 heteroatoms. The Labute approximate surface area is 188 Å². The van der Waals surface area contributed by atoms with Crippen LogP contribution in [0.1, 0.15) is 33.2 Å². The fourth-order valence-electron chi connectivity index (χ4n) is 3.86. The first kappa shape index (κ1) is 23.6. The number of esters is 3. The van der Waals surface area contributed by atoms with E-state index in [1.54, 1.807) is 12.1 Å². The van der Waals surface area contributed by atoms with Crippen LogP contribution in [0.3, 0.4) is 0 Å². The summed E-state index contributed by atoms with van der Waals surface area (Å²) in [6.45, 7) is 0. The second kappa shape index (κ2) is 9.60. The molecule has 0 aliphatic heterocycles. The van der Waals surface area contributed by atoms with Gasteiger partial charge in [-0.3, -0.25) is 4.79 Å². The second-order valence-corrected chi connectivity index (χ2v) is 6.97. The van der Waals surface area contributed by atoms with Crippen molar-refractivity contribution in [2.24, 2.45) is 5.92 Å². The molecule has 0 spiro atoms. The largest absolute Gasteiger partial charge is 0.493 e. The van der Waals surface area contributed by atoms with E-state index in [0.717, 1.165) is 13.2 Å². The lowest BCUT2D eigenvalue weighted by atomic mass is 9.71. The van der Waals surface area contributed by atoms with Gasteiger partial charge in [0, 0.05) is 12.0 Å². The highest BCUT2D eigenvalue weighted by Crippen LogP contribution is 2.47. The molecule has 174 valence electrons. The molecule has 0 bridgehead atoms. The Bertz CT molecular complexity index is 1190. The normalized spacial score (nSPS) is 16.7. The minimum Gasteiger partial charge on any atom is -0.493 e. The number of rotatable bonds is 6. The van der Waals surface area contributed by atoms with Gasteiger partial charge in [-0.1, -0.05) is 0 Å². The van der Waals surface area contributed by atoms with Gasteiger partial charge in [-0.2, -0.15) is 0 Å². The Kier molecular flexibility index (Phi) is 6.86. The van der Waals surface area contributed by atoms with Crippen molar-refractivity contribution in [3.63, 3.8) is 0 Å². The first-order valence-corrected chi connectivity index (χ1v) is 9.66. The van der Waals surface area contributed by atoms with Crippen LogP contribution in [0.25, 0.3) is 6.08 Å². The zero-order chi connectivity index (χ0) is 24.3. The fourth-order valence-corrected chi connectivity index (χ4v) is 3.86. The highest BCUT2D eigenvalue weighted by Gasteiger charge is 2.43. The van der Waals surface area contributed by atoms with Gasteiger partial charge >= 0.3 is 23.5 Å². The molecule has 1 aromatic heterocycles. The summed E-state index contributed by atoms with van der Waals surface area (Å²) in [6.07, 6.45) is 1.49. The lowest BCUT2D eigenvalue weighted by molar-refractivity contribution is -0.147. The lowest BCUT2D eigenvalue weighted by Gasteiger charge is -2.32. The van der Waals surface area contributed by atoms with E-state index in [2.05, 4.69) is 4.74 Å². The summed E-state index contributed by atoms with van der Waals surface area (Å²) in [6, 6.07) is 5.68. The molecule has 3 rings (SSSR count). The van der Waals surface area contributed by atoms with Crippen molar-refractivity contribution in [2.45, 2.75) is 5.92 Å². The zero-order valence-electron chi connectivity index (χ0n) is 18.6.